The largest absolute Gasteiger partial charge is 0.348 e. The molecule has 3 N–H and O–H groups in total. The highest BCUT2D eigenvalue weighted by Gasteiger charge is 2.29. The van der Waals surface area contributed by atoms with Crippen LogP contribution in [-0.4, -0.2) is 41.6 Å². The van der Waals surface area contributed by atoms with Gasteiger partial charge < -0.3 is 16.0 Å². The summed E-state index contributed by atoms with van der Waals surface area (Å²) in [6, 6.07) is 4.88. The maximum Gasteiger partial charge on any atom is 0.251 e. The van der Waals surface area contributed by atoms with E-state index in [0.29, 0.717) is 30.0 Å². The number of nitrogens with zero attached hydrogens (tertiary/aromatic N) is 1. The van der Waals surface area contributed by atoms with Crippen LogP contribution in [0.3, 0.4) is 0 Å². The van der Waals surface area contributed by atoms with Crippen molar-refractivity contribution in [3.8, 4) is 0 Å². The van der Waals surface area contributed by atoms with E-state index in [2.05, 4.69) is 12.2 Å². The van der Waals surface area contributed by atoms with Gasteiger partial charge in [0.2, 0.25) is 5.91 Å². The molecule has 6 heteroatoms. The normalized spacial score (nSPS) is 19.7. The van der Waals surface area contributed by atoms with Crippen LogP contribution in [0.15, 0.2) is 18.2 Å². The van der Waals surface area contributed by atoms with Gasteiger partial charge in [-0.2, -0.15) is 0 Å². The van der Waals surface area contributed by atoms with E-state index < -0.39 is 6.04 Å². The minimum absolute atomic E-state index is 0.00785. The Bertz CT molecular complexity index is 721. The Morgan fingerprint density at radius 3 is 2.62 bits per heavy atom. The second kappa shape index (κ2) is 7.58. The highest BCUT2D eigenvalue weighted by molar-refractivity contribution is 6.01. The molecule has 26 heavy (non-hydrogen) atoms. The van der Waals surface area contributed by atoms with Crippen LogP contribution in [0.4, 0.5) is 0 Å². The number of Topliss-reactive ketones (excluding diaryl/α,β-unsaturated/α-hetero) is 1. The lowest BCUT2D eigenvalue weighted by Gasteiger charge is -2.35. The van der Waals surface area contributed by atoms with E-state index in [4.69, 9.17) is 5.73 Å². The Balaban J connectivity index is 1.55. The van der Waals surface area contributed by atoms with Crippen LogP contribution in [0.5, 0.6) is 0 Å². The van der Waals surface area contributed by atoms with Gasteiger partial charge in [0.15, 0.2) is 5.78 Å². The van der Waals surface area contributed by atoms with Gasteiger partial charge >= 0.3 is 0 Å². The summed E-state index contributed by atoms with van der Waals surface area (Å²) in [5.74, 6) is 0.763. The average Bonchev–Trinajstić information content (AvgIpc) is 3.01. The monoisotopic (exact) mass is 357 g/mol. The first-order valence-corrected chi connectivity index (χ1v) is 9.35. The third kappa shape index (κ3) is 3.80. The van der Waals surface area contributed by atoms with Crippen LogP contribution in [0.2, 0.25) is 0 Å². The molecule has 3 rings (SSSR count). The van der Waals surface area contributed by atoms with E-state index >= 15 is 0 Å². The minimum atomic E-state index is -0.452. The highest BCUT2D eigenvalue weighted by Crippen LogP contribution is 2.29. The number of carbonyl (C=O) groups excluding carboxylic acids is 3. The number of fused-ring (bicyclic) bond motifs is 1. The summed E-state index contributed by atoms with van der Waals surface area (Å²) in [7, 11) is 0. The number of benzene rings is 1. The number of ketones is 1. The van der Waals surface area contributed by atoms with Crippen molar-refractivity contribution in [1.82, 2.24) is 10.2 Å². The maximum atomic E-state index is 12.7. The number of amides is 2. The zero-order chi connectivity index (χ0) is 18.8. The van der Waals surface area contributed by atoms with Crippen molar-refractivity contribution >= 4 is 17.6 Å². The van der Waals surface area contributed by atoms with Crippen molar-refractivity contribution in [2.45, 2.75) is 45.7 Å². The molecule has 1 unspecified atom stereocenters. The van der Waals surface area contributed by atoms with E-state index in [9.17, 15) is 14.4 Å². The molecule has 0 bridgehead atoms. The number of hydrogen-bond acceptors (Lipinski definition) is 4. The highest BCUT2D eigenvalue weighted by atomic mass is 16.2. The smallest absolute Gasteiger partial charge is 0.251 e. The molecular weight excluding hydrogens is 330 g/mol. The third-order valence-electron chi connectivity index (χ3n) is 5.66. The van der Waals surface area contributed by atoms with Gasteiger partial charge in [-0.05, 0) is 49.3 Å². The summed E-state index contributed by atoms with van der Waals surface area (Å²) in [6.07, 6.45) is 2.32. The maximum absolute atomic E-state index is 12.7. The van der Waals surface area contributed by atoms with E-state index in [-0.39, 0.29) is 23.5 Å². The fourth-order valence-corrected chi connectivity index (χ4v) is 3.96. The SMILES string of the molecule is CC(CC(=O)c1ccc2c(c1)CNC2=O)C1CCN(C(=O)[C@H](C)N)CC1. The van der Waals surface area contributed by atoms with Crippen molar-refractivity contribution in [3.05, 3.63) is 34.9 Å². The molecule has 1 saturated heterocycles. The molecule has 140 valence electrons. The number of rotatable bonds is 5. The first-order valence-electron chi connectivity index (χ1n) is 9.35. The van der Waals surface area contributed by atoms with E-state index in [1.807, 2.05) is 11.0 Å². The van der Waals surface area contributed by atoms with Crippen molar-refractivity contribution in [1.29, 1.82) is 0 Å². The van der Waals surface area contributed by atoms with Gasteiger partial charge in [-0.25, -0.2) is 0 Å². The number of likely N-dealkylation sites (tertiary alicyclic amines) is 1. The van der Waals surface area contributed by atoms with E-state index in [1.165, 1.54) is 0 Å². The number of hydrogen-bond donors (Lipinski definition) is 2. The summed E-state index contributed by atoms with van der Waals surface area (Å²) < 4.78 is 0. The Kier molecular flexibility index (Phi) is 5.41. The van der Waals surface area contributed by atoms with Crippen LogP contribution < -0.4 is 11.1 Å². The predicted molar refractivity (Wildman–Crippen MR) is 98.7 cm³/mol. The molecular formula is C20H27N3O3. The zero-order valence-corrected chi connectivity index (χ0v) is 15.5. The third-order valence-corrected chi connectivity index (χ3v) is 5.66. The van der Waals surface area contributed by atoms with Crippen molar-refractivity contribution in [2.24, 2.45) is 17.6 Å². The Labute approximate surface area is 154 Å². The first kappa shape index (κ1) is 18.6. The van der Waals surface area contributed by atoms with E-state index in [0.717, 1.165) is 31.5 Å². The van der Waals surface area contributed by atoms with Crippen LogP contribution >= 0.6 is 0 Å². The lowest BCUT2D eigenvalue weighted by molar-refractivity contribution is -0.133. The van der Waals surface area contributed by atoms with E-state index in [1.54, 1.807) is 19.1 Å². The molecule has 1 fully saturated rings. The Morgan fingerprint density at radius 1 is 1.27 bits per heavy atom. The van der Waals surface area contributed by atoms with Gasteiger partial charge in [-0.15, -0.1) is 0 Å². The standard InChI is InChI=1S/C20H27N3O3/c1-12(14-5-7-23(8-6-14)20(26)13(2)21)9-18(24)15-3-4-17-16(10-15)11-22-19(17)25/h3-4,10,12-14H,5-9,11,21H2,1-2H3,(H,22,25)/t12?,13-/m0/s1. The zero-order valence-electron chi connectivity index (χ0n) is 15.5. The van der Waals surface area contributed by atoms with Crippen LogP contribution in [0, 0.1) is 11.8 Å². The summed E-state index contributed by atoms with van der Waals surface area (Å²) in [4.78, 5) is 38.1. The molecule has 0 spiro atoms. The Morgan fingerprint density at radius 2 is 1.96 bits per heavy atom. The molecule has 1 aromatic carbocycles. The average molecular weight is 357 g/mol. The van der Waals surface area contributed by atoms with Crippen LogP contribution in [0.25, 0.3) is 0 Å². The van der Waals surface area contributed by atoms with Crippen molar-refractivity contribution in [2.75, 3.05) is 13.1 Å². The second-order valence-electron chi connectivity index (χ2n) is 7.61. The molecule has 2 heterocycles. The number of carbonyl (C=O) groups is 3. The lowest BCUT2D eigenvalue weighted by atomic mass is 9.81. The molecule has 0 saturated carbocycles. The molecule has 1 aromatic rings. The molecule has 0 radical (unpaired) electrons. The molecule has 2 amide bonds. The van der Waals surface area contributed by atoms with Gasteiger partial charge in [0.05, 0.1) is 6.04 Å². The number of nitrogens with two attached hydrogens (primary N) is 1. The van der Waals surface area contributed by atoms with Gasteiger partial charge in [0, 0.05) is 37.2 Å². The lowest BCUT2D eigenvalue weighted by Crippen LogP contribution is -2.46. The van der Waals surface area contributed by atoms with Gasteiger partial charge in [-0.1, -0.05) is 13.0 Å². The van der Waals surface area contributed by atoms with Crippen molar-refractivity contribution < 1.29 is 14.4 Å². The summed E-state index contributed by atoms with van der Waals surface area (Å²) in [6.45, 7) is 5.77. The second-order valence-corrected chi connectivity index (χ2v) is 7.61. The Hall–Kier alpha value is -2.21. The first-order chi connectivity index (χ1) is 12.4. The van der Waals surface area contributed by atoms with Crippen LogP contribution in [-0.2, 0) is 11.3 Å². The molecule has 6 nitrogen and oxygen atoms in total. The molecule has 2 aliphatic heterocycles. The molecule has 2 aliphatic rings. The fourth-order valence-electron chi connectivity index (χ4n) is 3.96. The van der Waals surface area contributed by atoms with Crippen molar-refractivity contribution in [3.63, 3.8) is 0 Å². The quantitative estimate of drug-likeness (QED) is 0.785. The van der Waals surface area contributed by atoms with Gasteiger partial charge in [-0.3, -0.25) is 14.4 Å². The summed E-state index contributed by atoms with van der Waals surface area (Å²) in [5, 5.41) is 2.77. The summed E-state index contributed by atoms with van der Waals surface area (Å²) in [5.41, 5.74) is 7.92. The number of nitrogens with one attached hydrogen (secondary N) is 1. The summed E-state index contributed by atoms with van der Waals surface area (Å²) >= 11 is 0. The van der Waals surface area contributed by atoms with Crippen LogP contribution in [0.1, 0.15) is 59.4 Å². The molecule has 2 atom stereocenters. The number of piperidine rings is 1. The van der Waals surface area contributed by atoms with Gasteiger partial charge in [0.1, 0.15) is 0 Å². The topological polar surface area (TPSA) is 92.5 Å². The van der Waals surface area contributed by atoms with Gasteiger partial charge in [0.25, 0.3) is 5.91 Å². The fraction of sp³-hybridized carbons (Fsp3) is 0.550. The molecule has 0 aromatic heterocycles. The molecule has 0 aliphatic carbocycles. The minimum Gasteiger partial charge on any atom is -0.348 e. The predicted octanol–water partition coefficient (Wildman–Crippen LogP) is 1.72.